The highest BCUT2D eigenvalue weighted by Crippen LogP contribution is 2.25. The molecule has 0 saturated carbocycles. The van der Waals surface area contributed by atoms with Crippen LogP contribution in [-0.4, -0.2) is 8.42 Å². The van der Waals surface area contributed by atoms with E-state index in [4.69, 9.17) is 17.3 Å². The molecule has 20 heavy (non-hydrogen) atoms. The molecule has 2 aromatic rings. The molecule has 0 atom stereocenters. The predicted octanol–water partition coefficient (Wildman–Crippen LogP) is 2.65. The molecule has 0 bridgehead atoms. The minimum atomic E-state index is -3.55. The monoisotopic (exact) mass is 330 g/mol. The van der Waals surface area contributed by atoms with E-state index < -0.39 is 10.0 Å². The second-order valence-corrected chi connectivity index (χ2v) is 7.74. The van der Waals surface area contributed by atoms with E-state index in [2.05, 4.69) is 4.72 Å². The third-order valence-electron chi connectivity index (χ3n) is 2.82. The van der Waals surface area contributed by atoms with Crippen molar-refractivity contribution >= 4 is 33.0 Å². The number of hydrogen-bond acceptors (Lipinski definition) is 4. The van der Waals surface area contributed by atoms with Crippen LogP contribution in [0, 0.1) is 6.92 Å². The van der Waals surface area contributed by atoms with Crippen molar-refractivity contribution in [2.45, 2.75) is 24.9 Å². The van der Waals surface area contributed by atoms with Crippen molar-refractivity contribution in [2.75, 3.05) is 0 Å². The molecule has 108 valence electrons. The molecule has 2 rings (SSSR count). The molecule has 1 heterocycles. The van der Waals surface area contributed by atoms with Crippen LogP contribution in [0.4, 0.5) is 0 Å². The summed E-state index contributed by atoms with van der Waals surface area (Å²) in [5.41, 5.74) is 6.28. The van der Waals surface area contributed by atoms with E-state index >= 15 is 0 Å². The predicted molar refractivity (Wildman–Crippen MR) is 82.4 cm³/mol. The number of benzene rings is 1. The Kier molecular flexibility index (Phi) is 4.82. The molecule has 0 unspecified atom stereocenters. The fraction of sp³-hybridized carbons (Fsp3) is 0.231. The van der Waals surface area contributed by atoms with E-state index in [0.29, 0.717) is 11.6 Å². The zero-order valence-electron chi connectivity index (χ0n) is 10.9. The van der Waals surface area contributed by atoms with Crippen molar-refractivity contribution in [1.82, 2.24) is 4.72 Å². The summed E-state index contributed by atoms with van der Waals surface area (Å²) in [5, 5.41) is 0.542. The second kappa shape index (κ2) is 6.24. The Hall–Kier alpha value is -0.920. The highest BCUT2D eigenvalue weighted by Gasteiger charge is 2.19. The minimum Gasteiger partial charge on any atom is -0.326 e. The van der Waals surface area contributed by atoms with Gasteiger partial charge in [0.2, 0.25) is 10.0 Å². The zero-order valence-corrected chi connectivity index (χ0v) is 13.3. The maximum atomic E-state index is 12.3. The normalized spacial score (nSPS) is 11.8. The zero-order chi connectivity index (χ0) is 14.8. The van der Waals surface area contributed by atoms with Crippen molar-refractivity contribution in [3.63, 3.8) is 0 Å². The molecule has 3 N–H and O–H groups in total. The van der Waals surface area contributed by atoms with Crippen molar-refractivity contribution in [3.8, 4) is 0 Å². The highest BCUT2D eigenvalue weighted by molar-refractivity contribution is 7.89. The van der Waals surface area contributed by atoms with E-state index in [1.807, 2.05) is 6.07 Å². The van der Waals surface area contributed by atoms with Crippen LogP contribution in [-0.2, 0) is 23.1 Å². The largest absolute Gasteiger partial charge is 0.326 e. The number of nitrogens with one attached hydrogen (secondary N) is 1. The summed E-state index contributed by atoms with van der Waals surface area (Å²) in [7, 11) is -3.55. The summed E-state index contributed by atoms with van der Waals surface area (Å²) in [6.07, 6.45) is 0. The Morgan fingerprint density at radius 1 is 1.35 bits per heavy atom. The van der Waals surface area contributed by atoms with Gasteiger partial charge in [0.25, 0.3) is 0 Å². The van der Waals surface area contributed by atoms with Crippen LogP contribution in [0.3, 0.4) is 0 Å². The summed E-state index contributed by atoms with van der Waals surface area (Å²) in [6.45, 7) is 2.27. The van der Waals surface area contributed by atoms with Crippen molar-refractivity contribution in [2.24, 2.45) is 5.73 Å². The molecule has 0 amide bonds. The molecule has 4 nitrogen and oxygen atoms in total. The fourth-order valence-corrected chi connectivity index (χ4v) is 4.50. The molecule has 0 aliphatic carbocycles. The van der Waals surface area contributed by atoms with Crippen LogP contribution in [0.25, 0.3) is 0 Å². The van der Waals surface area contributed by atoms with Crippen LogP contribution in [0.15, 0.2) is 35.2 Å². The lowest BCUT2D eigenvalue weighted by Gasteiger charge is -2.07. The van der Waals surface area contributed by atoms with Crippen LogP contribution < -0.4 is 10.5 Å². The molecular weight excluding hydrogens is 316 g/mol. The average molecular weight is 331 g/mol. The van der Waals surface area contributed by atoms with Gasteiger partial charge in [-0.15, -0.1) is 11.3 Å². The second-order valence-electron chi connectivity index (χ2n) is 4.25. The van der Waals surface area contributed by atoms with Gasteiger partial charge in [0.05, 0.1) is 4.90 Å². The number of hydrogen-bond donors (Lipinski definition) is 2. The molecule has 0 radical (unpaired) electrons. The quantitative estimate of drug-likeness (QED) is 0.885. The number of halogens is 1. The number of aryl methyl sites for hydroxylation is 1. The first kappa shape index (κ1) is 15.5. The number of nitrogens with two attached hydrogens (primary N) is 1. The first-order valence-corrected chi connectivity index (χ1v) is 8.64. The first-order valence-electron chi connectivity index (χ1n) is 5.96. The Morgan fingerprint density at radius 2 is 2.05 bits per heavy atom. The van der Waals surface area contributed by atoms with Crippen LogP contribution in [0.1, 0.15) is 15.3 Å². The topological polar surface area (TPSA) is 72.2 Å². The van der Waals surface area contributed by atoms with Gasteiger partial charge in [0.15, 0.2) is 0 Å². The summed E-state index contributed by atoms with van der Waals surface area (Å²) in [6, 6.07) is 8.76. The van der Waals surface area contributed by atoms with Gasteiger partial charge < -0.3 is 5.73 Å². The van der Waals surface area contributed by atoms with Crippen LogP contribution >= 0.6 is 22.9 Å². The van der Waals surface area contributed by atoms with Gasteiger partial charge in [-0.1, -0.05) is 29.8 Å². The standard InChI is InChI=1S/C13H15ClN2O2S2/c1-9-13(6-11(7-15)19-9)20(17,18)16-8-10-4-2-3-5-12(10)14/h2-6,16H,7-8,15H2,1H3. The van der Waals surface area contributed by atoms with Gasteiger partial charge in [-0.05, 0) is 24.6 Å². The third-order valence-corrected chi connectivity index (χ3v) is 5.92. The molecule has 1 aromatic heterocycles. The van der Waals surface area contributed by atoms with E-state index in [0.717, 1.165) is 15.3 Å². The third kappa shape index (κ3) is 3.39. The van der Waals surface area contributed by atoms with E-state index in [9.17, 15) is 8.42 Å². The smallest absolute Gasteiger partial charge is 0.241 e. The van der Waals surface area contributed by atoms with Gasteiger partial charge >= 0.3 is 0 Å². The van der Waals surface area contributed by atoms with Crippen LogP contribution in [0.2, 0.25) is 5.02 Å². The Morgan fingerprint density at radius 3 is 2.65 bits per heavy atom. The number of thiophene rings is 1. The van der Waals surface area contributed by atoms with Gasteiger partial charge in [-0.25, -0.2) is 13.1 Å². The van der Waals surface area contributed by atoms with Gasteiger partial charge in [0.1, 0.15) is 0 Å². The van der Waals surface area contributed by atoms with Gasteiger partial charge in [0, 0.05) is 27.9 Å². The van der Waals surface area contributed by atoms with Gasteiger partial charge in [-0.2, -0.15) is 0 Å². The summed E-state index contributed by atoms with van der Waals surface area (Å²) in [5.74, 6) is 0. The molecule has 0 fully saturated rings. The lowest BCUT2D eigenvalue weighted by Crippen LogP contribution is -2.23. The molecular formula is C13H15ClN2O2S2. The Bertz CT molecular complexity index is 711. The van der Waals surface area contributed by atoms with Crippen LogP contribution in [0.5, 0.6) is 0 Å². The Balaban J connectivity index is 2.19. The number of rotatable bonds is 5. The minimum absolute atomic E-state index is 0.162. The van der Waals surface area contributed by atoms with Crippen molar-refractivity contribution in [1.29, 1.82) is 0 Å². The van der Waals surface area contributed by atoms with Crippen molar-refractivity contribution < 1.29 is 8.42 Å². The molecule has 0 aliphatic heterocycles. The molecule has 0 aliphatic rings. The summed E-state index contributed by atoms with van der Waals surface area (Å²) in [4.78, 5) is 1.87. The van der Waals surface area contributed by atoms with Gasteiger partial charge in [-0.3, -0.25) is 0 Å². The average Bonchev–Trinajstić information content (AvgIpc) is 2.80. The molecule has 0 saturated heterocycles. The highest BCUT2D eigenvalue weighted by atomic mass is 35.5. The van der Waals surface area contributed by atoms with E-state index in [1.165, 1.54) is 11.3 Å². The SMILES string of the molecule is Cc1sc(CN)cc1S(=O)(=O)NCc1ccccc1Cl. The molecule has 0 spiro atoms. The van der Waals surface area contributed by atoms with E-state index in [-0.39, 0.29) is 11.4 Å². The van der Waals surface area contributed by atoms with E-state index in [1.54, 1.807) is 31.2 Å². The van der Waals surface area contributed by atoms with Crippen molar-refractivity contribution in [3.05, 3.63) is 50.7 Å². The molecule has 7 heteroatoms. The Labute approximate surface area is 127 Å². The summed E-state index contributed by atoms with van der Waals surface area (Å²) < 4.78 is 27.1. The molecule has 1 aromatic carbocycles. The lowest BCUT2D eigenvalue weighted by atomic mass is 10.2. The number of sulfonamides is 1. The first-order chi connectivity index (χ1) is 9.44. The summed E-state index contributed by atoms with van der Waals surface area (Å²) >= 11 is 7.40. The maximum Gasteiger partial charge on any atom is 0.241 e. The fourth-order valence-electron chi connectivity index (χ4n) is 1.78. The lowest BCUT2D eigenvalue weighted by molar-refractivity contribution is 0.581. The maximum absolute atomic E-state index is 12.3.